The molecule has 0 aromatic rings. The molecule has 2 amide bonds. The van der Waals surface area contributed by atoms with Gasteiger partial charge in [-0.3, -0.25) is 19.5 Å². The average Bonchev–Trinajstić information content (AvgIpc) is 2.41. The van der Waals surface area contributed by atoms with Crippen LogP contribution in [-0.2, 0) is 14.4 Å². The van der Waals surface area contributed by atoms with Crippen molar-refractivity contribution in [3.8, 4) is 0 Å². The molecule has 0 saturated carbocycles. The minimum atomic E-state index is -1.33. The van der Waals surface area contributed by atoms with Crippen LogP contribution in [-0.4, -0.2) is 58.6 Å². The number of carbonyl (C=O) groups excluding carboxylic acids is 3. The number of nitrogens with zero attached hydrogens (tertiary/aromatic N) is 2. The largest absolute Gasteiger partial charge is 0.548 e. The van der Waals surface area contributed by atoms with Gasteiger partial charge in [0.25, 0.3) is 0 Å². The summed E-state index contributed by atoms with van der Waals surface area (Å²) < 4.78 is 0. The molecule has 116 valence electrons. The summed E-state index contributed by atoms with van der Waals surface area (Å²) in [5, 5.41) is 13.4. The summed E-state index contributed by atoms with van der Waals surface area (Å²) in [4.78, 5) is 39.9. The van der Waals surface area contributed by atoms with Crippen LogP contribution in [0.15, 0.2) is 4.99 Å². The molecule has 0 aromatic heterocycles. The van der Waals surface area contributed by atoms with Crippen molar-refractivity contribution in [2.24, 2.45) is 10.9 Å². The lowest BCUT2D eigenvalue weighted by Gasteiger charge is -2.30. The van der Waals surface area contributed by atoms with E-state index in [0.717, 1.165) is 6.21 Å². The zero-order chi connectivity index (χ0) is 16.0. The number of hydrogen-bond acceptors (Lipinski definition) is 7. The van der Waals surface area contributed by atoms with E-state index in [1.807, 2.05) is 6.26 Å². The molecule has 1 N–H and O–H groups in total. The quantitative estimate of drug-likeness (QED) is 0.358. The van der Waals surface area contributed by atoms with Gasteiger partial charge in [0.15, 0.2) is 11.0 Å². The van der Waals surface area contributed by atoms with Crippen molar-refractivity contribution in [1.29, 1.82) is 0 Å². The van der Waals surface area contributed by atoms with Crippen molar-refractivity contribution in [3.63, 3.8) is 0 Å². The Bertz CT molecular complexity index is 481. The highest BCUT2D eigenvalue weighted by Gasteiger charge is 2.36. The molecule has 7 nitrogen and oxygen atoms in total. The highest BCUT2D eigenvalue weighted by atomic mass is 32.2. The van der Waals surface area contributed by atoms with Crippen molar-refractivity contribution in [2.45, 2.75) is 19.4 Å². The zero-order valence-corrected chi connectivity index (χ0v) is 13.3. The number of rotatable bonds is 7. The lowest BCUT2D eigenvalue weighted by Crippen LogP contribution is -2.58. The van der Waals surface area contributed by atoms with E-state index in [1.165, 1.54) is 16.7 Å². The third kappa shape index (κ3) is 4.50. The maximum atomic E-state index is 12.1. The fourth-order valence-electron chi connectivity index (χ4n) is 1.73. The van der Waals surface area contributed by atoms with Crippen LogP contribution in [0.4, 0.5) is 0 Å². The third-order valence-corrected chi connectivity index (χ3v) is 3.86. The van der Waals surface area contributed by atoms with E-state index >= 15 is 0 Å². The number of nitrogens with one attached hydrogen (secondary N) is 1. The molecule has 0 aliphatic carbocycles. The van der Waals surface area contributed by atoms with Crippen molar-refractivity contribution >= 4 is 53.1 Å². The number of thioether (sulfide) groups is 1. The molecule has 0 bridgehead atoms. The van der Waals surface area contributed by atoms with E-state index in [4.69, 9.17) is 12.2 Å². The van der Waals surface area contributed by atoms with Crippen LogP contribution in [0, 0.1) is 5.92 Å². The maximum absolute atomic E-state index is 12.1. The molecular weight excluding hydrogens is 314 g/mol. The molecule has 0 radical (unpaired) electrons. The monoisotopic (exact) mass is 330 g/mol. The summed E-state index contributed by atoms with van der Waals surface area (Å²) in [6.45, 7) is 2.04. The standard InChI is InChI=1S/C12H17N3O4S2/c1-3-15-10(17)7(9(16)14-12(15)20)6-13-8(11(18)19)4-5-21-2/h6-8H,3-5H2,1-2H3,(H,18,19)(H,14,16,20)/p-1/t7-,8-/m0/s1. The van der Waals surface area contributed by atoms with Crippen LogP contribution >= 0.6 is 24.0 Å². The van der Waals surface area contributed by atoms with E-state index in [-0.39, 0.29) is 11.5 Å². The molecule has 0 spiro atoms. The number of thiocarbonyl (C=S) groups is 1. The predicted octanol–water partition coefficient (Wildman–Crippen LogP) is -1.19. The Balaban J connectivity index is 2.85. The van der Waals surface area contributed by atoms with E-state index in [9.17, 15) is 19.5 Å². The van der Waals surface area contributed by atoms with Crippen LogP contribution in [0.25, 0.3) is 0 Å². The highest BCUT2D eigenvalue weighted by Crippen LogP contribution is 2.10. The van der Waals surface area contributed by atoms with Crippen molar-refractivity contribution < 1.29 is 19.5 Å². The van der Waals surface area contributed by atoms with E-state index in [0.29, 0.717) is 12.3 Å². The Morgan fingerprint density at radius 1 is 1.62 bits per heavy atom. The predicted molar refractivity (Wildman–Crippen MR) is 81.9 cm³/mol. The van der Waals surface area contributed by atoms with Crippen molar-refractivity contribution in [2.75, 3.05) is 18.6 Å². The summed E-state index contributed by atoms with van der Waals surface area (Å²) in [5.41, 5.74) is 0. The number of hydrogen-bond donors (Lipinski definition) is 1. The smallest absolute Gasteiger partial charge is 0.246 e. The van der Waals surface area contributed by atoms with E-state index in [1.54, 1.807) is 6.92 Å². The van der Waals surface area contributed by atoms with Gasteiger partial charge in [0.1, 0.15) is 0 Å². The first kappa shape index (κ1) is 17.6. The fraction of sp³-hybridized carbons (Fsp3) is 0.583. The van der Waals surface area contributed by atoms with Crippen LogP contribution in [0.1, 0.15) is 13.3 Å². The Kier molecular flexibility index (Phi) is 6.76. The second-order valence-corrected chi connectivity index (χ2v) is 5.64. The minimum Gasteiger partial charge on any atom is -0.548 e. The number of carboxylic acids is 1. The van der Waals surface area contributed by atoms with Crippen LogP contribution in [0.5, 0.6) is 0 Å². The molecule has 1 rings (SSSR count). The number of aliphatic imine (C=N–C) groups is 1. The van der Waals surface area contributed by atoms with Gasteiger partial charge in [-0.25, -0.2) is 0 Å². The van der Waals surface area contributed by atoms with E-state index < -0.39 is 29.7 Å². The SMILES string of the molecule is CCN1C(=O)[C@@H](C=N[C@@H](CCSC)C(=O)[O-])C(=O)NC1=S. The van der Waals surface area contributed by atoms with Gasteiger partial charge in [-0.15, -0.1) is 0 Å². The summed E-state index contributed by atoms with van der Waals surface area (Å²) in [7, 11) is 0. The molecule has 1 aliphatic heterocycles. The molecule has 1 fully saturated rings. The number of carbonyl (C=O) groups is 3. The molecule has 9 heteroatoms. The van der Waals surface area contributed by atoms with Gasteiger partial charge in [-0.2, -0.15) is 11.8 Å². The van der Waals surface area contributed by atoms with Gasteiger partial charge >= 0.3 is 0 Å². The number of amides is 2. The molecule has 2 atom stereocenters. The molecule has 1 heterocycles. The third-order valence-electron chi connectivity index (χ3n) is 2.89. The first-order valence-electron chi connectivity index (χ1n) is 6.31. The summed E-state index contributed by atoms with van der Waals surface area (Å²) in [5.74, 6) is -3.00. The first-order valence-corrected chi connectivity index (χ1v) is 8.11. The maximum Gasteiger partial charge on any atom is 0.246 e. The lowest BCUT2D eigenvalue weighted by atomic mass is 10.1. The number of aliphatic carboxylic acids is 1. The summed E-state index contributed by atoms with van der Waals surface area (Å²) in [6.07, 6.45) is 3.19. The van der Waals surface area contributed by atoms with E-state index in [2.05, 4.69) is 10.3 Å². The van der Waals surface area contributed by atoms with Gasteiger partial charge < -0.3 is 15.2 Å². The molecular formula is C12H16N3O4S2-. The van der Waals surface area contributed by atoms with Gasteiger partial charge in [0.2, 0.25) is 11.8 Å². The topological polar surface area (TPSA) is 102 Å². The minimum absolute atomic E-state index is 0.0518. The van der Waals surface area contributed by atoms with Crippen molar-refractivity contribution in [1.82, 2.24) is 10.2 Å². The molecule has 0 aromatic carbocycles. The fourth-order valence-corrected chi connectivity index (χ4v) is 2.51. The molecule has 1 aliphatic rings. The van der Waals surface area contributed by atoms with Crippen LogP contribution in [0.2, 0.25) is 0 Å². The van der Waals surface area contributed by atoms with Gasteiger partial charge in [0, 0.05) is 12.8 Å². The Morgan fingerprint density at radius 3 is 2.81 bits per heavy atom. The highest BCUT2D eigenvalue weighted by molar-refractivity contribution is 7.98. The van der Waals surface area contributed by atoms with Gasteiger partial charge in [0.05, 0.1) is 12.0 Å². The molecule has 21 heavy (non-hydrogen) atoms. The summed E-state index contributed by atoms with van der Waals surface area (Å²) in [6, 6.07) is -1.07. The first-order chi connectivity index (χ1) is 9.92. The van der Waals surface area contributed by atoms with Crippen LogP contribution < -0.4 is 10.4 Å². The lowest BCUT2D eigenvalue weighted by molar-refractivity contribution is -0.307. The molecule has 0 unspecified atom stereocenters. The Hall–Kier alpha value is -1.48. The number of carboxylic acid groups (broad SMARTS) is 1. The van der Waals surface area contributed by atoms with Crippen LogP contribution in [0.3, 0.4) is 0 Å². The Morgan fingerprint density at radius 2 is 2.29 bits per heavy atom. The summed E-state index contributed by atoms with van der Waals surface area (Å²) >= 11 is 6.37. The van der Waals surface area contributed by atoms with Gasteiger partial charge in [-0.1, -0.05) is 0 Å². The molecule has 1 saturated heterocycles. The van der Waals surface area contributed by atoms with Gasteiger partial charge in [-0.05, 0) is 37.6 Å². The Labute approximate surface area is 132 Å². The van der Waals surface area contributed by atoms with Crippen molar-refractivity contribution in [3.05, 3.63) is 0 Å². The normalized spacial score (nSPS) is 20.8. The second-order valence-electron chi connectivity index (χ2n) is 4.27. The average molecular weight is 330 g/mol. The zero-order valence-electron chi connectivity index (χ0n) is 11.7. The second kappa shape index (κ2) is 8.08.